The van der Waals surface area contributed by atoms with Gasteiger partial charge in [-0.05, 0) is 24.1 Å². The maximum absolute atomic E-state index is 9.78. The Morgan fingerprint density at radius 1 is 0.905 bits per heavy atom. The van der Waals surface area contributed by atoms with Crippen molar-refractivity contribution in [3.63, 3.8) is 0 Å². The third-order valence-corrected chi connectivity index (χ3v) is 6.20. The first-order valence-electron chi connectivity index (χ1n) is 11.7. The van der Waals surface area contributed by atoms with Crippen molar-refractivity contribution >= 4 is 128 Å². The fourth-order valence-corrected chi connectivity index (χ4v) is 3.91. The molecule has 4 N–H and O–H groups in total. The Bertz CT molecular complexity index is 1030. The molecule has 1 heterocycles. The molecule has 0 bridgehead atoms. The van der Waals surface area contributed by atoms with Gasteiger partial charge in [-0.2, -0.15) is 10.4 Å². The molecule has 8 nitrogen and oxygen atoms in total. The van der Waals surface area contributed by atoms with Crippen molar-refractivity contribution in [2.45, 2.75) is 38.1 Å². The van der Waals surface area contributed by atoms with Gasteiger partial charge in [0.15, 0.2) is 0 Å². The van der Waals surface area contributed by atoms with Gasteiger partial charge in [-0.25, -0.2) is 4.98 Å². The van der Waals surface area contributed by atoms with Gasteiger partial charge in [-0.15, -0.1) is 0 Å². The van der Waals surface area contributed by atoms with Crippen LogP contribution < -0.4 is 21.3 Å². The summed E-state index contributed by atoms with van der Waals surface area (Å²) in [6.45, 7) is 5.29. The van der Waals surface area contributed by atoms with Crippen molar-refractivity contribution in [2.24, 2.45) is 0 Å². The molecule has 1 atom stereocenters. The first-order valence-corrected chi connectivity index (χ1v) is 15.4. The van der Waals surface area contributed by atoms with Gasteiger partial charge < -0.3 is 121 Å². The summed E-state index contributed by atoms with van der Waals surface area (Å²) in [6.07, 6.45) is 5.97. The largest absolute Gasteiger partial charge is 2.00 e. The van der Waals surface area contributed by atoms with E-state index in [9.17, 15) is 5.26 Å². The van der Waals surface area contributed by atoms with Gasteiger partial charge in [0.1, 0.15) is 18.1 Å². The number of thiocarbonyl (C=S) groups is 4. The third kappa shape index (κ3) is 24.1. The van der Waals surface area contributed by atoms with Crippen molar-refractivity contribution in [3.05, 3.63) is 47.5 Å². The molecule has 19 heteroatoms. The minimum Gasteiger partial charge on any atom is -0.412 e. The molecule has 0 fully saturated rings. The van der Waals surface area contributed by atoms with Crippen LogP contribution in [0.4, 0.5) is 0 Å². The molecule has 0 spiro atoms. The number of hydrogen-bond donors (Lipinski definition) is 4. The molecule has 2 aromatic rings. The number of aromatic nitrogens is 3. The van der Waals surface area contributed by atoms with Crippen LogP contribution in [0.1, 0.15) is 31.7 Å². The predicted octanol–water partition coefficient (Wildman–Crippen LogP) is 3.24. The SMILES string of the molecule is CCCCC(C#N)(Cn1cncn1)c1ccc(Cl)cc1.S=C([S-])NCCNC(=S)[S-].S=C([S-])NCCNC(=S)[S-].[Mn+2].[Zn+2]. The van der Waals surface area contributed by atoms with Crippen LogP contribution in [-0.2, 0) is 99.0 Å². The standard InChI is InChI=1S/C15H17ClN4.2C4H8N2S4.Mn.Zn/c1-2-3-8-15(9-17,10-20-12-18-11-19-20)13-4-6-14(16)7-5-13;2*7-3(8)5-1-2-6-4(9)10;;/h4-7,11-12H,2-3,8,10H2,1H3;2*1-2H2,(H2,5,7,8)(H2,6,9,10);;/q;;;2*+2/p-4. The van der Waals surface area contributed by atoms with Crippen LogP contribution in [0.25, 0.3) is 0 Å². The van der Waals surface area contributed by atoms with Gasteiger partial charge in [-0.3, -0.25) is 4.68 Å². The Morgan fingerprint density at radius 2 is 1.33 bits per heavy atom. The van der Waals surface area contributed by atoms with Crippen molar-refractivity contribution in [3.8, 4) is 6.07 Å². The normalized spacial score (nSPS) is 10.5. The van der Waals surface area contributed by atoms with E-state index in [4.69, 9.17) is 11.6 Å². The Balaban J connectivity index is -0.000000592. The number of benzene rings is 1. The van der Waals surface area contributed by atoms with E-state index >= 15 is 0 Å². The third-order valence-electron chi connectivity index (χ3n) is 4.79. The summed E-state index contributed by atoms with van der Waals surface area (Å²) < 4.78 is 3.20. The predicted molar refractivity (Wildman–Crippen MR) is 190 cm³/mol. The summed E-state index contributed by atoms with van der Waals surface area (Å²) in [5.74, 6) is 0. The Labute approximate surface area is 320 Å². The Kier molecular flexibility index (Phi) is 31.0. The molecule has 2 rings (SSSR count). The van der Waals surface area contributed by atoms with Crippen LogP contribution in [0.15, 0.2) is 36.9 Å². The van der Waals surface area contributed by atoms with Crippen molar-refractivity contribution < 1.29 is 36.5 Å². The summed E-state index contributed by atoms with van der Waals surface area (Å²) in [5.41, 5.74) is 0.391. The number of halogens is 1. The van der Waals surface area contributed by atoms with Crippen molar-refractivity contribution in [2.75, 3.05) is 26.2 Å². The number of hydrogen-bond acceptors (Lipinski definition) is 11. The van der Waals surface area contributed by atoms with E-state index in [2.05, 4.69) is 144 Å². The maximum Gasteiger partial charge on any atom is 2.00 e. The molecule has 0 saturated carbocycles. The Morgan fingerprint density at radius 3 is 1.64 bits per heavy atom. The zero-order chi connectivity index (χ0) is 30.4. The molecule has 0 saturated heterocycles. The van der Waals surface area contributed by atoms with E-state index in [1.165, 1.54) is 6.33 Å². The second kappa shape index (κ2) is 28.2. The zero-order valence-electron chi connectivity index (χ0n) is 22.6. The molecule has 42 heavy (non-hydrogen) atoms. The molecule has 225 valence electrons. The first kappa shape index (κ1) is 46.1. The van der Waals surface area contributed by atoms with Crippen LogP contribution in [-0.4, -0.2) is 58.2 Å². The molecule has 0 aliphatic heterocycles. The second-order valence-corrected chi connectivity index (χ2v) is 12.5. The average Bonchev–Trinajstić information content (AvgIpc) is 3.41. The number of nitriles is 1. The quantitative estimate of drug-likeness (QED) is 0.109. The smallest absolute Gasteiger partial charge is 0.412 e. The van der Waals surface area contributed by atoms with Crippen LogP contribution in [0, 0.1) is 11.3 Å². The topological polar surface area (TPSA) is 103 Å². The molecule has 0 amide bonds. The van der Waals surface area contributed by atoms with E-state index in [0.29, 0.717) is 55.0 Å². The zero-order valence-corrected chi connectivity index (χ0v) is 34.1. The summed E-state index contributed by atoms with van der Waals surface area (Å²) in [5, 5.41) is 25.7. The molecule has 1 radical (unpaired) electrons. The van der Waals surface area contributed by atoms with Crippen LogP contribution in [0.5, 0.6) is 0 Å². The molecular formula is C23H29ClMnN8S8Zn. The Hall–Kier alpha value is -0.277. The number of nitrogens with zero attached hydrogens (tertiary/aromatic N) is 4. The monoisotopic (exact) mass is 827 g/mol. The number of unbranched alkanes of at least 4 members (excludes halogenated alkanes) is 1. The summed E-state index contributed by atoms with van der Waals surface area (Å²) in [6, 6.07) is 10.0. The van der Waals surface area contributed by atoms with E-state index in [1.807, 2.05) is 24.3 Å². The average molecular weight is 830 g/mol. The van der Waals surface area contributed by atoms with Gasteiger partial charge in [0, 0.05) is 31.2 Å². The van der Waals surface area contributed by atoms with Crippen LogP contribution in [0.3, 0.4) is 0 Å². The molecule has 0 aliphatic carbocycles. The number of nitrogens with one attached hydrogen (secondary N) is 4. The fourth-order valence-electron chi connectivity index (χ4n) is 2.97. The molecule has 1 unspecified atom stereocenters. The van der Waals surface area contributed by atoms with Gasteiger partial charge in [0.05, 0.1) is 12.6 Å². The van der Waals surface area contributed by atoms with Gasteiger partial charge >= 0.3 is 36.5 Å². The summed E-state index contributed by atoms with van der Waals surface area (Å²) >= 11 is 42.7. The minimum absolute atomic E-state index is 0. The van der Waals surface area contributed by atoms with Crippen molar-refractivity contribution in [1.82, 2.24) is 36.0 Å². The van der Waals surface area contributed by atoms with Gasteiger partial charge in [-0.1, -0.05) is 60.8 Å². The van der Waals surface area contributed by atoms with Gasteiger partial charge in [0.2, 0.25) is 0 Å². The van der Waals surface area contributed by atoms with Crippen LogP contribution in [0.2, 0.25) is 5.02 Å². The van der Waals surface area contributed by atoms with E-state index in [1.54, 1.807) is 11.0 Å². The van der Waals surface area contributed by atoms with E-state index in [0.717, 1.165) is 24.8 Å². The summed E-state index contributed by atoms with van der Waals surface area (Å²) in [4.78, 5) is 3.95. The summed E-state index contributed by atoms with van der Waals surface area (Å²) in [7, 11) is 0. The van der Waals surface area contributed by atoms with Crippen LogP contribution >= 0.6 is 60.5 Å². The maximum atomic E-state index is 9.78. The second-order valence-electron chi connectivity index (χ2n) is 7.75. The van der Waals surface area contributed by atoms with E-state index < -0.39 is 5.41 Å². The fraction of sp³-hybridized carbons (Fsp3) is 0.435. The molecule has 0 aliphatic rings. The van der Waals surface area contributed by atoms with E-state index in [-0.39, 0.29) is 36.5 Å². The number of rotatable bonds is 12. The van der Waals surface area contributed by atoms with Crippen molar-refractivity contribution in [1.29, 1.82) is 5.26 Å². The minimum atomic E-state index is -0.589. The molecule has 1 aromatic heterocycles. The van der Waals surface area contributed by atoms with Gasteiger partial charge in [0.25, 0.3) is 0 Å². The molecule has 1 aromatic carbocycles. The first-order chi connectivity index (χ1) is 19.0. The molecular weight excluding hydrogens is 801 g/mol.